The maximum absolute atomic E-state index is 11.7. The third-order valence-corrected chi connectivity index (χ3v) is 3.77. The van der Waals surface area contributed by atoms with E-state index in [1.165, 1.54) is 38.5 Å². The third-order valence-electron chi connectivity index (χ3n) is 3.77. The average Bonchev–Trinajstić information content (AvgIpc) is 2.85. The molecule has 27 heavy (non-hydrogen) atoms. The van der Waals surface area contributed by atoms with Crippen molar-refractivity contribution in [3.63, 3.8) is 0 Å². The molecule has 11 heteroatoms. The third kappa shape index (κ3) is 4.82. The number of carbonyl (C=O) groups excluding carboxylic acids is 3. The van der Waals surface area contributed by atoms with Crippen molar-refractivity contribution in [1.29, 1.82) is 0 Å². The van der Waals surface area contributed by atoms with Crippen LogP contribution >= 0.6 is 0 Å². The predicted molar refractivity (Wildman–Crippen MR) is 89.3 cm³/mol. The van der Waals surface area contributed by atoms with E-state index in [4.69, 9.17) is 24.7 Å². The highest BCUT2D eigenvalue weighted by Crippen LogP contribution is 2.35. The molecule has 11 nitrogen and oxygen atoms in total. The summed E-state index contributed by atoms with van der Waals surface area (Å²) in [6.07, 6.45) is -2.74. The van der Waals surface area contributed by atoms with Crippen LogP contribution in [0, 0.1) is 6.92 Å². The highest BCUT2D eigenvalue weighted by atomic mass is 16.7. The summed E-state index contributed by atoms with van der Waals surface area (Å²) in [7, 11) is 0. The Labute approximate surface area is 154 Å². The second kappa shape index (κ2) is 8.16. The van der Waals surface area contributed by atoms with Gasteiger partial charge in [0.2, 0.25) is 5.95 Å². The van der Waals surface area contributed by atoms with Crippen LogP contribution in [-0.2, 0) is 33.3 Å². The normalized spacial score (nSPS) is 24.3. The molecule has 0 saturated carbocycles. The number of aromatic nitrogens is 2. The summed E-state index contributed by atoms with van der Waals surface area (Å²) in [6.45, 7) is 4.86. The van der Waals surface area contributed by atoms with Crippen LogP contribution in [0.5, 0.6) is 0 Å². The van der Waals surface area contributed by atoms with Gasteiger partial charge in [-0.2, -0.15) is 4.98 Å². The van der Waals surface area contributed by atoms with Crippen LogP contribution in [0.2, 0.25) is 0 Å². The van der Waals surface area contributed by atoms with Gasteiger partial charge in [-0.1, -0.05) is 0 Å². The number of nitrogens with two attached hydrogens (primary N) is 1. The first-order valence-electron chi connectivity index (χ1n) is 8.08. The van der Waals surface area contributed by atoms with E-state index >= 15 is 0 Å². The molecule has 0 aliphatic carbocycles. The van der Waals surface area contributed by atoms with Gasteiger partial charge in [0.05, 0.1) is 0 Å². The number of esters is 3. The van der Waals surface area contributed by atoms with Crippen molar-refractivity contribution in [2.75, 3.05) is 12.3 Å². The number of nitrogens with zero attached hydrogens (tertiary/aromatic N) is 2. The lowest BCUT2D eigenvalue weighted by Crippen LogP contribution is -2.40. The van der Waals surface area contributed by atoms with Crippen LogP contribution in [0.25, 0.3) is 0 Å². The van der Waals surface area contributed by atoms with Crippen molar-refractivity contribution in [3.8, 4) is 0 Å². The number of ether oxygens (including phenoxy) is 4. The van der Waals surface area contributed by atoms with E-state index in [0.29, 0.717) is 0 Å². The van der Waals surface area contributed by atoms with Crippen molar-refractivity contribution in [3.05, 3.63) is 22.1 Å². The summed E-state index contributed by atoms with van der Waals surface area (Å²) in [5, 5.41) is 0. The summed E-state index contributed by atoms with van der Waals surface area (Å²) < 4.78 is 22.6. The molecule has 0 bridgehead atoms. The van der Waals surface area contributed by atoms with Gasteiger partial charge in [0, 0.05) is 32.5 Å². The topological polar surface area (TPSA) is 149 Å². The number of anilines is 1. The van der Waals surface area contributed by atoms with E-state index in [1.807, 2.05) is 0 Å². The van der Waals surface area contributed by atoms with Crippen molar-refractivity contribution in [2.45, 2.75) is 52.2 Å². The Kier molecular flexibility index (Phi) is 6.16. The molecule has 1 fully saturated rings. The van der Waals surface area contributed by atoms with E-state index in [9.17, 15) is 19.2 Å². The minimum absolute atomic E-state index is 0.178. The molecule has 2 N–H and O–H groups in total. The lowest BCUT2D eigenvalue weighted by molar-refractivity contribution is -0.166. The zero-order valence-corrected chi connectivity index (χ0v) is 15.3. The number of nitrogen functional groups attached to an aromatic ring is 1. The van der Waals surface area contributed by atoms with Gasteiger partial charge in [-0.25, -0.2) is 0 Å². The number of carbonyl (C=O) groups is 3. The molecule has 1 saturated heterocycles. The summed E-state index contributed by atoms with van der Waals surface area (Å²) in [5.74, 6) is -2.03. The van der Waals surface area contributed by atoms with Crippen molar-refractivity contribution in [1.82, 2.24) is 9.55 Å². The van der Waals surface area contributed by atoms with E-state index in [2.05, 4.69) is 4.98 Å². The van der Waals surface area contributed by atoms with Crippen LogP contribution in [0.15, 0.2) is 11.0 Å². The molecule has 0 amide bonds. The highest BCUT2D eigenvalue weighted by molar-refractivity contribution is 5.68. The predicted octanol–water partition coefficient (Wildman–Crippen LogP) is -0.542. The molecule has 1 aromatic heterocycles. The zero-order valence-electron chi connectivity index (χ0n) is 15.3. The zero-order chi connectivity index (χ0) is 20.3. The standard InChI is InChI=1S/C16H21N3O8/c1-7-5-19(16(17)18-14(7)23)15-13(26-10(4)22)12(25-9(3)21)11(27-15)6-24-8(2)20/h5,11-13,15H,6H2,1-4H3,(H2,17,18,23)/t11-,12-,13-,15-/m1/s1. The Hall–Kier alpha value is -2.95. The summed E-state index contributed by atoms with van der Waals surface area (Å²) >= 11 is 0. The fourth-order valence-electron chi connectivity index (χ4n) is 2.70. The molecule has 2 rings (SSSR count). The minimum atomic E-state index is -1.10. The van der Waals surface area contributed by atoms with Crippen LogP contribution < -0.4 is 11.3 Å². The molecule has 0 unspecified atom stereocenters. The van der Waals surface area contributed by atoms with Crippen LogP contribution in [0.1, 0.15) is 32.6 Å². The van der Waals surface area contributed by atoms with Gasteiger partial charge in [-0.05, 0) is 6.92 Å². The summed E-state index contributed by atoms with van der Waals surface area (Å²) in [6, 6.07) is 0. The molecular weight excluding hydrogens is 362 g/mol. The van der Waals surface area contributed by atoms with Crippen molar-refractivity contribution in [2.24, 2.45) is 0 Å². The maximum Gasteiger partial charge on any atom is 0.303 e. The lowest BCUT2D eigenvalue weighted by atomic mass is 10.1. The Morgan fingerprint density at radius 1 is 1.15 bits per heavy atom. The van der Waals surface area contributed by atoms with Gasteiger partial charge in [0.1, 0.15) is 12.7 Å². The monoisotopic (exact) mass is 383 g/mol. The molecular formula is C16H21N3O8. The van der Waals surface area contributed by atoms with Gasteiger partial charge in [-0.3, -0.25) is 23.7 Å². The van der Waals surface area contributed by atoms with Crippen LogP contribution in [0.4, 0.5) is 5.95 Å². The van der Waals surface area contributed by atoms with Gasteiger partial charge in [-0.15, -0.1) is 0 Å². The molecule has 0 radical (unpaired) electrons. The van der Waals surface area contributed by atoms with E-state index in [0.717, 1.165) is 0 Å². The SMILES string of the molecule is CC(=O)OC[C@H]1O[C@@H](n2cc(C)c(=O)nc2N)[C@H](OC(C)=O)[C@@H]1OC(C)=O. The summed E-state index contributed by atoms with van der Waals surface area (Å²) in [4.78, 5) is 49.6. The Bertz CT molecular complexity index is 805. The highest BCUT2D eigenvalue weighted by Gasteiger charge is 2.50. The molecule has 1 aliphatic heterocycles. The van der Waals surface area contributed by atoms with Crippen LogP contribution in [0.3, 0.4) is 0 Å². The quantitative estimate of drug-likeness (QED) is 0.519. The second-order valence-electron chi connectivity index (χ2n) is 6.01. The average molecular weight is 383 g/mol. The Morgan fingerprint density at radius 3 is 2.30 bits per heavy atom. The van der Waals surface area contributed by atoms with E-state index in [-0.39, 0.29) is 18.1 Å². The molecule has 4 atom stereocenters. The van der Waals surface area contributed by atoms with Crippen molar-refractivity contribution >= 4 is 23.9 Å². The van der Waals surface area contributed by atoms with Gasteiger partial charge >= 0.3 is 17.9 Å². The first-order chi connectivity index (χ1) is 12.6. The Morgan fingerprint density at radius 2 is 1.74 bits per heavy atom. The first kappa shape index (κ1) is 20.4. The van der Waals surface area contributed by atoms with Gasteiger partial charge in [0.25, 0.3) is 5.56 Å². The van der Waals surface area contributed by atoms with Crippen molar-refractivity contribution < 1.29 is 33.3 Å². The minimum Gasteiger partial charge on any atom is -0.463 e. The number of hydrogen-bond donors (Lipinski definition) is 1. The first-order valence-corrected chi connectivity index (χ1v) is 8.08. The summed E-state index contributed by atoms with van der Waals surface area (Å²) in [5.41, 5.74) is 5.58. The second-order valence-corrected chi connectivity index (χ2v) is 6.01. The smallest absolute Gasteiger partial charge is 0.303 e. The Balaban J connectivity index is 2.45. The molecule has 1 aromatic rings. The molecule has 0 aromatic carbocycles. The van der Waals surface area contributed by atoms with Gasteiger partial charge in [0.15, 0.2) is 18.4 Å². The lowest BCUT2D eigenvalue weighted by Gasteiger charge is -2.25. The van der Waals surface area contributed by atoms with Gasteiger partial charge < -0.3 is 24.7 Å². The van der Waals surface area contributed by atoms with E-state index in [1.54, 1.807) is 0 Å². The fourth-order valence-corrected chi connectivity index (χ4v) is 2.70. The van der Waals surface area contributed by atoms with Crippen LogP contribution in [-0.4, -0.2) is 52.4 Å². The maximum atomic E-state index is 11.7. The molecule has 148 valence electrons. The van der Waals surface area contributed by atoms with E-state index < -0.39 is 48.0 Å². The number of hydrogen-bond acceptors (Lipinski definition) is 10. The number of rotatable bonds is 5. The largest absolute Gasteiger partial charge is 0.463 e. The molecule has 2 heterocycles. The number of aryl methyl sites for hydroxylation is 1. The molecule has 0 spiro atoms. The molecule has 1 aliphatic rings. The fraction of sp³-hybridized carbons (Fsp3) is 0.562.